The van der Waals surface area contributed by atoms with Crippen molar-refractivity contribution in [3.8, 4) is 5.75 Å². The Labute approximate surface area is 188 Å². The predicted octanol–water partition coefficient (Wildman–Crippen LogP) is 3.30. The molecular formula is C23H28N2O6S. The molecule has 172 valence electrons. The molecular weight excluding hydrogens is 432 g/mol. The number of esters is 1. The molecule has 1 atom stereocenters. The molecule has 0 radical (unpaired) electrons. The van der Waals surface area contributed by atoms with Gasteiger partial charge in [0.2, 0.25) is 15.9 Å². The Kier molecular flexibility index (Phi) is 7.87. The summed E-state index contributed by atoms with van der Waals surface area (Å²) in [7, 11) is -3.71. The smallest absolute Gasteiger partial charge is 0.338 e. The maximum atomic E-state index is 13.0. The van der Waals surface area contributed by atoms with E-state index >= 15 is 0 Å². The highest BCUT2D eigenvalue weighted by molar-refractivity contribution is 7.89. The molecule has 1 heterocycles. The van der Waals surface area contributed by atoms with E-state index in [4.69, 9.17) is 9.47 Å². The second-order valence-corrected chi connectivity index (χ2v) is 9.33. The van der Waals surface area contributed by atoms with Crippen molar-refractivity contribution in [3.05, 3.63) is 54.1 Å². The van der Waals surface area contributed by atoms with Gasteiger partial charge in [0.25, 0.3) is 0 Å². The first-order chi connectivity index (χ1) is 15.3. The summed E-state index contributed by atoms with van der Waals surface area (Å²) >= 11 is 0. The topological polar surface area (TPSA) is 102 Å². The Balaban J connectivity index is 1.64. The van der Waals surface area contributed by atoms with Crippen LogP contribution in [0.25, 0.3) is 0 Å². The number of anilines is 1. The number of amides is 1. The van der Waals surface area contributed by atoms with Crippen LogP contribution in [0, 0.1) is 5.92 Å². The molecule has 9 heteroatoms. The fourth-order valence-corrected chi connectivity index (χ4v) is 5.07. The van der Waals surface area contributed by atoms with Crippen LogP contribution in [0.2, 0.25) is 0 Å². The molecule has 32 heavy (non-hydrogen) atoms. The van der Waals surface area contributed by atoms with Crippen molar-refractivity contribution in [3.63, 3.8) is 0 Å². The van der Waals surface area contributed by atoms with Crippen LogP contribution in [0.15, 0.2) is 53.4 Å². The van der Waals surface area contributed by atoms with E-state index in [-0.39, 0.29) is 24.0 Å². The normalized spacial score (nSPS) is 16.9. The largest absolute Gasteiger partial charge is 0.494 e. The average Bonchev–Trinajstić information content (AvgIpc) is 2.80. The summed E-state index contributed by atoms with van der Waals surface area (Å²) in [6.45, 7) is 4.86. The van der Waals surface area contributed by atoms with Crippen LogP contribution < -0.4 is 10.1 Å². The van der Waals surface area contributed by atoms with E-state index in [0.717, 1.165) is 0 Å². The number of hydrogen-bond donors (Lipinski definition) is 1. The minimum absolute atomic E-state index is 0.113. The van der Waals surface area contributed by atoms with Crippen LogP contribution in [0.4, 0.5) is 5.69 Å². The first-order valence-electron chi connectivity index (χ1n) is 10.7. The quantitative estimate of drug-likeness (QED) is 0.607. The van der Waals surface area contributed by atoms with Crippen molar-refractivity contribution in [1.82, 2.24) is 4.31 Å². The van der Waals surface area contributed by atoms with E-state index in [9.17, 15) is 18.0 Å². The van der Waals surface area contributed by atoms with Crippen molar-refractivity contribution in [2.45, 2.75) is 31.6 Å². The second kappa shape index (κ2) is 10.6. The van der Waals surface area contributed by atoms with Gasteiger partial charge in [0.1, 0.15) is 5.75 Å². The number of nitrogens with one attached hydrogen (secondary N) is 1. The van der Waals surface area contributed by atoms with Crippen LogP contribution in [-0.4, -0.2) is 50.9 Å². The Morgan fingerprint density at radius 1 is 1.03 bits per heavy atom. The van der Waals surface area contributed by atoms with Gasteiger partial charge in [-0.25, -0.2) is 13.2 Å². The van der Waals surface area contributed by atoms with Crippen LogP contribution in [0.1, 0.15) is 37.0 Å². The zero-order valence-electron chi connectivity index (χ0n) is 18.2. The highest BCUT2D eigenvalue weighted by atomic mass is 32.2. The van der Waals surface area contributed by atoms with Gasteiger partial charge in [0.05, 0.1) is 29.6 Å². The number of nitrogens with zero attached hydrogens (tertiary/aromatic N) is 1. The van der Waals surface area contributed by atoms with Crippen molar-refractivity contribution < 1.29 is 27.5 Å². The van der Waals surface area contributed by atoms with Gasteiger partial charge in [-0.3, -0.25) is 4.79 Å². The lowest BCUT2D eigenvalue weighted by Crippen LogP contribution is -2.43. The summed E-state index contributed by atoms with van der Waals surface area (Å²) < 4.78 is 37.8. The third kappa shape index (κ3) is 5.66. The molecule has 1 aliphatic heterocycles. The maximum absolute atomic E-state index is 13.0. The molecule has 0 saturated carbocycles. The molecule has 2 aromatic rings. The molecule has 0 aliphatic carbocycles. The minimum atomic E-state index is -3.71. The summed E-state index contributed by atoms with van der Waals surface area (Å²) in [5.41, 5.74) is 0.935. The van der Waals surface area contributed by atoms with Gasteiger partial charge < -0.3 is 14.8 Å². The number of benzene rings is 2. The van der Waals surface area contributed by atoms with Gasteiger partial charge in [0.15, 0.2) is 0 Å². The van der Waals surface area contributed by atoms with Crippen LogP contribution >= 0.6 is 0 Å². The lowest BCUT2D eigenvalue weighted by molar-refractivity contribution is -0.120. The molecule has 0 bridgehead atoms. The van der Waals surface area contributed by atoms with Crippen molar-refractivity contribution in [1.29, 1.82) is 0 Å². The predicted molar refractivity (Wildman–Crippen MR) is 120 cm³/mol. The number of sulfonamides is 1. The maximum Gasteiger partial charge on any atom is 0.338 e. The summed E-state index contributed by atoms with van der Waals surface area (Å²) in [5, 5.41) is 2.81. The fraction of sp³-hybridized carbons (Fsp3) is 0.391. The average molecular weight is 461 g/mol. The number of piperidine rings is 1. The summed E-state index contributed by atoms with van der Waals surface area (Å²) in [4.78, 5) is 24.7. The van der Waals surface area contributed by atoms with Crippen molar-refractivity contribution in [2.24, 2.45) is 5.92 Å². The molecule has 1 N–H and O–H groups in total. The molecule has 0 aromatic heterocycles. The van der Waals surface area contributed by atoms with Gasteiger partial charge in [-0.2, -0.15) is 4.31 Å². The zero-order valence-corrected chi connectivity index (χ0v) is 19.1. The first kappa shape index (κ1) is 23.7. The van der Waals surface area contributed by atoms with E-state index in [2.05, 4.69) is 5.32 Å². The van der Waals surface area contributed by atoms with Crippen LogP contribution in [-0.2, 0) is 19.6 Å². The van der Waals surface area contributed by atoms with Gasteiger partial charge >= 0.3 is 5.97 Å². The molecule has 0 spiro atoms. The van der Waals surface area contributed by atoms with Crippen LogP contribution in [0.5, 0.6) is 5.75 Å². The molecule has 1 fully saturated rings. The molecule has 1 amide bonds. The van der Waals surface area contributed by atoms with E-state index in [1.807, 2.05) is 6.92 Å². The number of rotatable bonds is 8. The van der Waals surface area contributed by atoms with Crippen molar-refractivity contribution in [2.75, 3.05) is 31.6 Å². The van der Waals surface area contributed by atoms with Crippen molar-refractivity contribution >= 4 is 27.6 Å². The van der Waals surface area contributed by atoms with Gasteiger partial charge in [-0.15, -0.1) is 0 Å². The van der Waals surface area contributed by atoms with Crippen LogP contribution in [0.3, 0.4) is 0 Å². The molecule has 1 aliphatic rings. The lowest BCUT2D eigenvalue weighted by Gasteiger charge is -2.31. The van der Waals surface area contributed by atoms with E-state index in [1.54, 1.807) is 43.3 Å². The minimum Gasteiger partial charge on any atom is -0.494 e. The number of carbonyl (C=O) groups is 2. The third-order valence-corrected chi connectivity index (χ3v) is 7.07. The number of carbonyl (C=O) groups excluding carboxylic acids is 2. The Morgan fingerprint density at radius 2 is 1.72 bits per heavy atom. The highest BCUT2D eigenvalue weighted by Crippen LogP contribution is 2.26. The zero-order chi connectivity index (χ0) is 23.1. The molecule has 0 unspecified atom stereocenters. The molecule has 3 rings (SSSR count). The Hall–Kier alpha value is -2.91. The number of ether oxygens (including phenoxy) is 2. The summed E-state index contributed by atoms with van der Waals surface area (Å²) in [6, 6.07) is 12.7. The van der Waals surface area contributed by atoms with E-state index < -0.39 is 21.9 Å². The molecule has 1 saturated heterocycles. The lowest BCUT2D eigenvalue weighted by atomic mass is 9.98. The standard InChI is InChI=1S/C23H28N2O6S/c1-3-30-20-11-13-21(14-12-20)32(28,29)25-15-5-6-18(16-25)22(26)24-19-9-7-17(8-10-19)23(27)31-4-2/h7-14,18H,3-6,15-16H2,1-2H3,(H,24,26)/t18-/m0/s1. The summed E-state index contributed by atoms with van der Waals surface area (Å²) in [6.07, 6.45) is 1.19. The van der Waals surface area contributed by atoms with E-state index in [1.165, 1.54) is 16.4 Å². The fourth-order valence-electron chi connectivity index (χ4n) is 3.55. The van der Waals surface area contributed by atoms with Gasteiger partial charge in [0, 0.05) is 18.8 Å². The molecule has 8 nitrogen and oxygen atoms in total. The van der Waals surface area contributed by atoms with Gasteiger partial charge in [-0.05, 0) is 75.2 Å². The Morgan fingerprint density at radius 3 is 2.34 bits per heavy atom. The first-order valence-corrected chi connectivity index (χ1v) is 12.1. The SMILES string of the molecule is CCOC(=O)c1ccc(NC(=O)[C@H]2CCCN(S(=O)(=O)c3ccc(OCC)cc3)C2)cc1. The second-order valence-electron chi connectivity index (χ2n) is 7.39. The third-order valence-electron chi connectivity index (χ3n) is 5.19. The Bertz CT molecular complexity index is 1040. The molecule has 2 aromatic carbocycles. The van der Waals surface area contributed by atoms with Gasteiger partial charge in [-0.1, -0.05) is 0 Å². The summed E-state index contributed by atoms with van der Waals surface area (Å²) in [5.74, 6) is -0.532. The van der Waals surface area contributed by atoms with E-state index in [0.29, 0.717) is 43.0 Å². The highest BCUT2D eigenvalue weighted by Gasteiger charge is 2.33. The number of hydrogen-bond acceptors (Lipinski definition) is 6. The monoisotopic (exact) mass is 460 g/mol.